The molecule has 0 bridgehead atoms. The van der Waals surface area contributed by atoms with Crippen molar-refractivity contribution in [3.8, 4) is 0 Å². The van der Waals surface area contributed by atoms with E-state index in [9.17, 15) is 13.6 Å². The van der Waals surface area contributed by atoms with Crippen LogP contribution in [0.5, 0.6) is 0 Å². The Morgan fingerprint density at radius 3 is 2.52 bits per heavy atom. The monoisotopic (exact) mass is 345 g/mol. The van der Waals surface area contributed by atoms with Crippen molar-refractivity contribution in [3.05, 3.63) is 34.9 Å². The lowest BCUT2D eigenvalue weighted by molar-refractivity contribution is -0.0851. The van der Waals surface area contributed by atoms with E-state index in [0.717, 1.165) is 5.56 Å². The Labute approximate surface area is 140 Å². The summed E-state index contributed by atoms with van der Waals surface area (Å²) in [5, 5.41) is 0.618. The fraction of sp³-hybridized carbons (Fsp3) is 0.588. The Kier molecular flexibility index (Phi) is 5.19. The highest BCUT2D eigenvalue weighted by atomic mass is 35.5. The molecule has 1 aromatic carbocycles. The molecule has 0 aliphatic carbocycles. The molecule has 0 aromatic heterocycles. The number of benzene rings is 1. The van der Waals surface area contributed by atoms with Crippen molar-refractivity contribution in [1.82, 2.24) is 4.90 Å². The number of hydrogen-bond acceptors (Lipinski definition) is 2. The molecule has 2 rings (SSSR count). The molecule has 1 heterocycles. The lowest BCUT2D eigenvalue weighted by Crippen LogP contribution is -2.53. The first-order valence-electron chi connectivity index (χ1n) is 7.68. The number of carbonyl (C=O) groups excluding carboxylic acids is 1. The second kappa shape index (κ2) is 6.63. The van der Waals surface area contributed by atoms with Gasteiger partial charge in [-0.05, 0) is 51.3 Å². The molecule has 1 aromatic rings. The molecule has 0 saturated carbocycles. The van der Waals surface area contributed by atoms with Gasteiger partial charge in [-0.3, -0.25) is 4.90 Å². The quantitative estimate of drug-likeness (QED) is 0.761. The summed E-state index contributed by atoms with van der Waals surface area (Å²) >= 11 is 5.86. The van der Waals surface area contributed by atoms with Gasteiger partial charge in [0.25, 0.3) is 5.92 Å². The van der Waals surface area contributed by atoms with Crippen molar-refractivity contribution in [3.63, 3.8) is 0 Å². The number of hydrogen-bond donors (Lipinski definition) is 0. The second-order valence-electron chi connectivity index (χ2n) is 6.99. The molecule has 3 nitrogen and oxygen atoms in total. The second-order valence-corrected chi connectivity index (χ2v) is 7.42. The number of ether oxygens (including phenoxy) is 1. The number of likely N-dealkylation sites (tertiary alicyclic amines) is 1. The van der Waals surface area contributed by atoms with Crippen molar-refractivity contribution in [2.75, 3.05) is 6.54 Å². The van der Waals surface area contributed by atoms with Gasteiger partial charge in [0.15, 0.2) is 0 Å². The third-order valence-corrected chi connectivity index (χ3v) is 3.95. The van der Waals surface area contributed by atoms with Gasteiger partial charge in [-0.2, -0.15) is 0 Å². The van der Waals surface area contributed by atoms with Gasteiger partial charge in [0.1, 0.15) is 5.60 Å². The zero-order chi connectivity index (χ0) is 17.3. The summed E-state index contributed by atoms with van der Waals surface area (Å²) in [6.07, 6.45) is -0.151. The van der Waals surface area contributed by atoms with E-state index in [-0.39, 0.29) is 18.9 Å². The molecular formula is C17H22ClF2NO2. The van der Waals surface area contributed by atoms with Crippen molar-refractivity contribution >= 4 is 17.7 Å². The third kappa shape index (κ3) is 5.34. The number of rotatable bonds is 2. The standard InChI is InChI=1S/C17H22ClF2NO2/c1-16(2,3)23-15(22)21-11-17(19,20)9-8-14(21)10-12-4-6-13(18)7-5-12/h4-7,14H,8-11H2,1-3H3/t14-/m1/s1. The molecule has 1 amide bonds. The van der Waals surface area contributed by atoms with Crippen LogP contribution in [0.3, 0.4) is 0 Å². The zero-order valence-corrected chi connectivity index (χ0v) is 14.4. The maximum absolute atomic E-state index is 13.7. The molecule has 0 radical (unpaired) electrons. The molecule has 1 aliphatic rings. The fourth-order valence-electron chi connectivity index (χ4n) is 2.63. The average Bonchev–Trinajstić information content (AvgIpc) is 2.41. The first-order valence-corrected chi connectivity index (χ1v) is 8.05. The summed E-state index contributed by atoms with van der Waals surface area (Å²) in [5.41, 5.74) is 0.243. The molecule has 0 spiro atoms. The number of piperidine rings is 1. The predicted octanol–water partition coefficient (Wildman–Crippen LogP) is 4.92. The predicted molar refractivity (Wildman–Crippen MR) is 86.1 cm³/mol. The van der Waals surface area contributed by atoms with Crippen LogP contribution < -0.4 is 0 Å². The van der Waals surface area contributed by atoms with E-state index in [1.54, 1.807) is 32.9 Å². The van der Waals surface area contributed by atoms with Gasteiger partial charge in [0, 0.05) is 17.5 Å². The highest BCUT2D eigenvalue weighted by Crippen LogP contribution is 2.32. The number of nitrogens with zero attached hydrogens (tertiary/aromatic N) is 1. The number of alkyl halides is 2. The summed E-state index contributed by atoms with van der Waals surface area (Å²) < 4.78 is 32.8. The van der Waals surface area contributed by atoms with Gasteiger partial charge in [0.2, 0.25) is 0 Å². The lowest BCUT2D eigenvalue weighted by Gasteiger charge is -2.40. The van der Waals surface area contributed by atoms with Crippen LogP contribution in [0.4, 0.5) is 13.6 Å². The van der Waals surface area contributed by atoms with Gasteiger partial charge in [0.05, 0.1) is 6.54 Å². The summed E-state index contributed by atoms with van der Waals surface area (Å²) in [5.74, 6) is -2.87. The molecule has 6 heteroatoms. The van der Waals surface area contributed by atoms with Crippen molar-refractivity contribution in [1.29, 1.82) is 0 Å². The molecule has 23 heavy (non-hydrogen) atoms. The van der Waals surface area contributed by atoms with E-state index in [1.165, 1.54) is 4.90 Å². The van der Waals surface area contributed by atoms with Crippen molar-refractivity contribution in [2.24, 2.45) is 0 Å². The molecule has 0 unspecified atom stereocenters. The molecule has 1 atom stereocenters. The SMILES string of the molecule is CC(C)(C)OC(=O)N1CC(F)(F)CC[C@@H]1Cc1ccc(Cl)cc1. The molecule has 128 valence electrons. The first kappa shape index (κ1) is 18.0. The Morgan fingerprint density at radius 1 is 1.35 bits per heavy atom. The Balaban J connectivity index is 2.14. The summed E-state index contributed by atoms with van der Waals surface area (Å²) in [6.45, 7) is 4.57. The lowest BCUT2D eigenvalue weighted by atomic mass is 9.94. The van der Waals surface area contributed by atoms with Crippen molar-refractivity contribution in [2.45, 2.75) is 57.6 Å². The summed E-state index contributed by atoms with van der Waals surface area (Å²) in [6, 6.07) is 6.91. The maximum Gasteiger partial charge on any atom is 0.410 e. The molecule has 1 aliphatic heterocycles. The average molecular weight is 346 g/mol. The Bertz CT molecular complexity index is 555. The number of amides is 1. The zero-order valence-electron chi connectivity index (χ0n) is 13.6. The number of carbonyl (C=O) groups is 1. The van der Waals surface area contributed by atoms with Crippen molar-refractivity contribution < 1.29 is 18.3 Å². The Morgan fingerprint density at radius 2 is 1.96 bits per heavy atom. The third-order valence-electron chi connectivity index (χ3n) is 3.70. The van der Waals surface area contributed by atoms with Crippen LogP contribution >= 0.6 is 11.6 Å². The van der Waals surface area contributed by atoms with Gasteiger partial charge in [-0.1, -0.05) is 23.7 Å². The van der Waals surface area contributed by atoms with Crippen LogP contribution in [0.2, 0.25) is 5.02 Å². The highest BCUT2D eigenvalue weighted by molar-refractivity contribution is 6.30. The minimum atomic E-state index is -2.87. The Hall–Kier alpha value is -1.36. The van der Waals surface area contributed by atoms with E-state index in [0.29, 0.717) is 11.4 Å². The van der Waals surface area contributed by atoms with Crippen LogP contribution in [0.15, 0.2) is 24.3 Å². The van der Waals surface area contributed by atoms with Gasteiger partial charge in [-0.25, -0.2) is 13.6 Å². The molecule has 1 saturated heterocycles. The molecular weight excluding hydrogens is 324 g/mol. The van der Waals surface area contributed by atoms with Crippen LogP contribution in [0.1, 0.15) is 39.2 Å². The van der Waals surface area contributed by atoms with Crippen LogP contribution in [-0.2, 0) is 11.2 Å². The minimum absolute atomic E-state index is 0.218. The van der Waals surface area contributed by atoms with Crippen LogP contribution in [-0.4, -0.2) is 35.1 Å². The summed E-state index contributed by atoms with van der Waals surface area (Å²) in [7, 11) is 0. The van der Waals surface area contributed by atoms with E-state index in [2.05, 4.69) is 0 Å². The van der Waals surface area contributed by atoms with Gasteiger partial charge < -0.3 is 4.74 Å². The van der Waals surface area contributed by atoms with Crippen LogP contribution in [0.25, 0.3) is 0 Å². The van der Waals surface area contributed by atoms with Gasteiger partial charge in [-0.15, -0.1) is 0 Å². The normalized spacial score (nSPS) is 21.1. The number of halogens is 3. The molecule has 0 N–H and O–H groups in total. The largest absolute Gasteiger partial charge is 0.444 e. The van der Waals surface area contributed by atoms with Crippen LogP contribution in [0, 0.1) is 0 Å². The first-order chi connectivity index (χ1) is 10.6. The van der Waals surface area contributed by atoms with E-state index in [1.807, 2.05) is 12.1 Å². The summed E-state index contributed by atoms with van der Waals surface area (Å²) in [4.78, 5) is 13.5. The van der Waals surface area contributed by atoms with E-state index < -0.39 is 24.2 Å². The minimum Gasteiger partial charge on any atom is -0.444 e. The topological polar surface area (TPSA) is 29.5 Å². The highest BCUT2D eigenvalue weighted by Gasteiger charge is 2.43. The van der Waals surface area contributed by atoms with E-state index in [4.69, 9.17) is 16.3 Å². The van der Waals surface area contributed by atoms with E-state index >= 15 is 0 Å². The maximum atomic E-state index is 13.7. The smallest absolute Gasteiger partial charge is 0.410 e. The fourth-order valence-corrected chi connectivity index (χ4v) is 2.76. The van der Waals surface area contributed by atoms with Gasteiger partial charge >= 0.3 is 6.09 Å². The molecule has 1 fully saturated rings.